The first-order chi connectivity index (χ1) is 15.0. The Labute approximate surface area is 182 Å². The van der Waals surface area contributed by atoms with Crippen molar-refractivity contribution in [1.29, 1.82) is 0 Å². The van der Waals surface area contributed by atoms with Crippen LogP contribution in [0.1, 0.15) is 32.7 Å². The molecule has 1 aliphatic heterocycles. The van der Waals surface area contributed by atoms with Crippen LogP contribution in [0.25, 0.3) is 0 Å². The van der Waals surface area contributed by atoms with Crippen molar-refractivity contribution in [2.24, 2.45) is 0 Å². The molecule has 0 bridgehead atoms. The van der Waals surface area contributed by atoms with Crippen LogP contribution in [0.3, 0.4) is 0 Å². The number of hydrogen-bond acceptors (Lipinski definition) is 5. The SMILES string of the molecule is CNC(=O)c1cc(C(=O)NCCCN2CCN(C)CC2)cn(Cc2ccccc2)c1=O. The van der Waals surface area contributed by atoms with Crippen LogP contribution in [-0.2, 0) is 6.54 Å². The molecule has 1 aliphatic rings. The van der Waals surface area contributed by atoms with E-state index in [-0.39, 0.29) is 18.0 Å². The van der Waals surface area contributed by atoms with E-state index in [1.807, 2.05) is 30.3 Å². The summed E-state index contributed by atoms with van der Waals surface area (Å²) in [5, 5.41) is 5.40. The van der Waals surface area contributed by atoms with Gasteiger partial charge in [-0.1, -0.05) is 30.3 Å². The first-order valence-electron chi connectivity index (χ1n) is 10.7. The maximum atomic E-state index is 12.8. The standard InChI is InChI=1S/C23H31N5O3/c1-24-22(30)20-15-19(17-28(23(20)31)16-18-7-4-3-5-8-18)21(29)25-9-6-10-27-13-11-26(2)12-14-27/h3-5,7-8,15,17H,6,9-14,16H2,1-2H3,(H,24,30)(H,25,29). The van der Waals surface area contributed by atoms with Crippen molar-refractivity contribution in [2.75, 3.05) is 53.4 Å². The van der Waals surface area contributed by atoms with Crippen LogP contribution < -0.4 is 16.2 Å². The predicted octanol–water partition coefficient (Wildman–Crippen LogP) is 0.624. The van der Waals surface area contributed by atoms with E-state index >= 15 is 0 Å². The molecule has 3 rings (SSSR count). The van der Waals surface area contributed by atoms with Crippen LogP contribution in [0.5, 0.6) is 0 Å². The summed E-state index contributed by atoms with van der Waals surface area (Å²) < 4.78 is 1.42. The highest BCUT2D eigenvalue weighted by Crippen LogP contribution is 2.06. The van der Waals surface area contributed by atoms with Gasteiger partial charge >= 0.3 is 0 Å². The normalized spacial score (nSPS) is 14.9. The minimum Gasteiger partial charge on any atom is -0.355 e. The molecule has 1 aromatic carbocycles. The summed E-state index contributed by atoms with van der Waals surface area (Å²) in [6.45, 7) is 5.99. The topological polar surface area (TPSA) is 86.7 Å². The van der Waals surface area contributed by atoms with Crippen molar-refractivity contribution < 1.29 is 9.59 Å². The number of rotatable bonds is 8. The van der Waals surface area contributed by atoms with Crippen molar-refractivity contribution in [3.63, 3.8) is 0 Å². The van der Waals surface area contributed by atoms with Gasteiger partial charge in [-0.05, 0) is 31.6 Å². The number of carbonyl (C=O) groups is 2. The largest absolute Gasteiger partial charge is 0.355 e. The number of carbonyl (C=O) groups excluding carboxylic acids is 2. The summed E-state index contributed by atoms with van der Waals surface area (Å²) in [6.07, 6.45) is 2.37. The highest BCUT2D eigenvalue weighted by atomic mass is 16.2. The van der Waals surface area contributed by atoms with E-state index in [2.05, 4.69) is 27.5 Å². The van der Waals surface area contributed by atoms with E-state index in [4.69, 9.17) is 0 Å². The fourth-order valence-electron chi connectivity index (χ4n) is 3.63. The highest BCUT2D eigenvalue weighted by Gasteiger charge is 2.17. The van der Waals surface area contributed by atoms with E-state index in [9.17, 15) is 14.4 Å². The Hall–Kier alpha value is -2.97. The van der Waals surface area contributed by atoms with Crippen LogP contribution in [0.2, 0.25) is 0 Å². The Morgan fingerprint density at radius 2 is 1.74 bits per heavy atom. The van der Waals surface area contributed by atoms with Gasteiger partial charge < -0.3 is 25.0 Å². The Morgan fingerprint density at radius 1 is 1.03 bits per heavy atom. The summed E-state index contributed by atoms with van der Waals surface area (Å²) in [6, 6.07) is 10.8. The fourth-order valence-corrected chi connectivity index (χ4v) is 3.63. The number of nitrogens with one attached hydrogen (secondary N) is 2. The van der Waals surface area contributed by atoms with Crippen LogP contribution in [0.4, 0.5) is 0 Å². The summed E-state index contributed by atoms with van der Waals surface area (Å²) >= 11 is 0. The van der Waals surface area contributed by atoms with Crippen molar-refractivity contribution in [3.8, 4) is 0 Å². The average Bonchev–Trinajstić information content (AvgIpc) is 2.79. The first-order valence-corrected chi connectivity index (χ1v) is 10.7. The Morgan fingerprint density at radius 3 is 2.42 bits per heavy atom. The number of amides is 2. The zero-order chi connectivity index (χ0) is 22.2. The summed E-state index contributed by atoms with van der Waals surface area (Å²) in [5.41, 5.74) is 0.754. The third-order valence-electron chi connectivity index (χ3n) is 5.55. The minimum atomic E-state index is -0.503. The van der Waals surface area contributed by atoms with Gasteiger partial charge in [-0.2, -0.15) is 0 Å². The van der Waals surface area contributed by atoms with Crippen molar-refractivity contribution in [2.45, 2.75) is 13.0 Å². The average molecular weight is 426 g/mol. The van der Waals surface area contributed by atoms with Gasteiger partial charge in [-0.15, -0.1) is 0 Å². The molecule has 0 spiro atoms. The molecule has 0 atom stereocenters. The quantitative estimate of drug-likeness (QED) is 0.606. The zero-order valence-electron chi connectivity index (χ0n) is 18.3. The molecule has 2 amide bonds. The van der Waals surface area contributed by atoms with Crippen LogP contribution in [0.15, 0.2) is 47.4 Å². The molecule has 2 N–H and O–H groups in total. The Bertz CT molecular complexity index is 949. The maximum Gasteiger partial charge on any atom is 0.263 e. The second-order valence-electron chi connectivity index (χ2n) is 7.89. The fraction of sp³-hybridized carbons (Fsp3) is 0.435. The van der Waals surface area contributed by atoms with Gasteiger partial charge in [0.05, 0.1) is 12.1 Å². The lowest BCUT2D eigenvalue weighted by atomic mass is 10.1. The predicted molar refractivity (Wildman–Crippen MR) is 121 cm³/mol. The minimum absolute atomic E-state index is 0.0384. The molecule has 1 aromatic heterocycles. The molecule has 8 nitrogen and oxygen atoms in total. The molecule has 0 aliphatic carbocycles. The molecule has 0 saturated carbocycles. The van der Waals surface area contributed by atoms with Gasteiger partial charge in [0.1, 0.15) is 5.56 Å². The van der Waals surface area contributed by atoms with E-state index in [0.717, 1.165) is 44.7 Å². The summed E-state index contributed by atoms with van der Waals surface area (Å²) in [7, 11) is 3.59. The lowest BCUT2D eigenvalue weighted by Gasteiger charge is -2.32. The van der Waals surface area contributed by atoms with E-state index in [1.165, 1.54) is 23.9 Å². The molecule has 2 aromatic rings. The van der Waals surface area contributed by atoms with Crippen molar-refractivity contribution >= 4 is 11.8 Å². The number of nitrogens with zero attached hydrogens (tertiary/aromatic N) is 3. The molecule has 0 unspecified atom stereocenters. The van der Waals surface area contributed by atoms with Gasteiger partial charge in [0.2, 0.25) is 0 Å². The molecule has 2 heterocycles. The molecule has 31 heavy (non-hydrogen) atoms. The number of aromatic nitrogens is 1. The van der Waals surface area contributed by atoms with Crippen molar-refractivity contribution in [1.82, 2.24) is 25.0 Å². The van der Waals surface area contributed by atoms with Gasteiger partial charge in [-0.25, -0.2) is 0 Å². The highest BCUT2D eigenvalue weighted by molar-refractivity contribution is 5.99. The molecule has 1 saturated heterocycles. The first kappa shape index (κ1) is 22.7. The third-order valence-corrected chi connectivity index (χ3v) is 5.55. The molecular weight excluding hydrogens is 394 g/mol. The lowest BCUT2D eigenvalue weighted by molar-refractivity contribution is 0.0948. The van der Waals surface area contributed by atoms with Gasteiger partial charge in [0.25, 0.3) is 17.4 Å². The summed E-state index contributed by atoms with van der Waals surface area (Å²) in [5.74, 6) is -0.790. The van der Waals surface area contributed by atoms with Gasteiger partial charge in [-0.3, -0.25) is 14.4 Å². The molecule has 166 valence electrons. The maximum absolute atomic E-state index is 12.8. The number of hydrogen-bond donors (Lipinski definition) is 2. The van der Waals surface area contributed by atoms with Gasteiger partial charge in [0.15, 0.2) is 0 Å². The second kappa shape index (κ2) is 10.9. The Kier molecular flexibility index (Phi) is 7.97. The Balaban J connectivity index is 1.67. The molecule has 8 heteroatoms. The third kappa shape index (κ3) is 6.26. The summed E-state index contributed by atoms with van der Waals surface area (Å²) in [4.78, 5) is 42.4. The van der Waals surface area contributed by atoms with Crippen LogP contribution in [-0.4, -0.2) is 79.5 Å². The zero-order valence-corrected chi connectivity index (χ0v) is 18.3. The van der Waals surface area contributed by atoms with E-state index in [0.29, 0.717) is 12.1 Å². The smallest absolute Gasteiger partial charge is 0.263 e. The van der Waals surface area contributed by atoms with E-state index in [1.54, 1.807) is 0 Å². The molecule has 1 fully saturated rings. The number of likely N-dealkylation sites (N-methyl/N-ethyl adjacent to an activating group) is 1. The number of benzene rings is 1. The monoisotopic (exact) mass is 425 g/mol. The van der Waals surface area contributed by atoms with Crippen molar-refractivity contribution in [3.05, 3.63) is 69.6 Å². The second-order valence-corrected chi connectivity index (χ2v) is 7.89. The lowest BCUT2D eigenvalue weighted by Crippen LogP contribution is -2.45. The van der Waals surface area contributed by atoms with E-state index < -0.39 is 11.5 Å². The molecule has 0 radical (unpaired) electrons. The van der Waals surface area contributed by atoms with Gasteiger partial charge in [0, 0.05) is 46.0 Å². The van der Waals surface area contributed by atoms with Crippen LogP contribution >= 0.6 is 0 Å². The number of piperazine rings is 1. The molecular formula is C23H31N5O3. The van der Waals surface area contributed by atoms with Crippen LogP contribution in [0, 0.1) is 0 Å². The number of pyridine rings is 1.